The largest absolute Gasteiger partial charge is 0.464 e. The van der Waals surface area contributed by atoms with E-state index in [4.69, 9.17) is 32.7 Å². The Kier molecular flexibility index (Phi) is 11.9. The van der Waals surface area contributed by atoms with Crippen LogP contribution in [0.3, 0.4) is 0 Å². The van der Waals surface area contributed by atoms with Crippen molar-refractivity contribution in [2.45, 2.75) is 78.0 Å². The number of halogens is 2. The molecule has 0 unspecified atom stereocenters. The van der Waals surface area contributed by atoms with E-state index < -0.39 is 29.5 Å². The number of rotatable bonds is 7. The first-order valence-corrected chi connectivity index (χ1v) is 13.4. The molecule has 0 aromatic heterocycles. The summed E-state index contributed by atoms with van der Waals surface area (Å²) in [6.45, 7) is 9.22. The van der Waals surface area contributed by atoms with Crippen molar-refractivity contribution in [3.8, 4) is 0 Å². The SMILES string of the molecule is CCOC(=O)[C@H](CC)N1C(=O)[C@@H](CC(=O)OC(C)(C)C)CC[C@H]1c1ccc(Cl)cc1.Clc1ccccc1. The van der Waals surface area contributed by atoms with Crippen molar-refractivity contribution in [1.82, 2.24) is 4.90 Å². The van der Waals surface area contributed by atoms with E-state index in [9.17, 15) is 14.4 Å². The molecule has 0 spiro atoms. The van der Waals surface area contributed by atoms with Crippen molar-refractivity contribution in [1.29, 1.82) is 0 Å². The highest BCUT2D eigenvalue weighted by Gasteiger charge is 2.43. The summed E-state index contributed by atoms with van der Waals surface area (Å²) in [6, 6.07) is 15.8. The maximum atomic E-state index is 13.5. The molecule has 8 heteroatoms. The second kappa shape index (κ2) is 14.4. The Balaban J connectivity index is 0.000000591. The maximum absolute atomic E-state index is 13.5. The minimum absolute atomic E-state index is 0.000793. The van der Waals surface area contributed by atoms with E-state index in [0.717, 1.165) is 10.6 Å². The number of likely N-dealkylation sites (tertiary alicyclic amines) is 1. The molecule has 1 fully saturated rings. The maximum Gasteiger partial charge on any atom is 0.328 e. The van der Waals surface area contributed by atoms with Gasteiger partial charge < -0.3 is 14.4 Å². The van der Waals surface area contributed by atoms with Gasteiger partial charge in [-0.2, -0.15) is 0 Å². The highest BCUT2D eigenvalue weighted by atomic mass is 35.5. The molecule has 2 aromatic rings. The van der Waals surface area contributed by atoms with Gasteiger partial charge in [-0.05, 0) is 76.8 Å². The van der Waals surface area contributed by atoms with E-state index in [1.165, 1.54) is 0 Å². The topological polar surface area (TPSA) is 72.9 Å². The number of carbonyl (C=O) groups excluding carboxylic acids is 3. The molecule has 1 saturated heterocycles. The van der Waals surface area contributed by atoms with Crippen LogP contribution in [0.1, 0.15) is 71.9 Å². The van der Waals surface area contributed by atoms with E-state index >= 15 is 0 Å². The lowest BCUT2D eigenvalue weighted by Gasteiger charge is -2.43. The van der Waals surface area contributed by atoms with Gasteiger partial charge in [0, 0.05) is 16.0 Å². The Bertz CT molecular complexity index is 1020. The average molecular weight is 551 g/mol. The number of nitrogens with zero attached hydrogens (tertiary/aromatic N) is 1. The zero-order chi connectivity index (χ0) is 27.6. The van der Waals surface area contributed by atoms with E-state index in [-0.39, 0.29) is 25.0 Å². The summed E-state index contributed by atoms with van der Waals surface area (Å²) in [6.07, 6.45) is 1.60. The number of hydrogen-bond acceptors (Lipinski definition) is 5. The fourth-order valence-corrected chi connectivity index (χ4v) is 4.54. The molecule has 1 heterocycles. The molecule has 3 atom stereocenters. The number of ether oxygens (including phenoxy) is 2. The molecule has 1 aliphatic rings. The van der Waals surface area contributed by atoms with E-state index in [1.807, 2.05) is 49.4 Å². The summed E-state index contributed by atoms with van der Waals surface area (Å²) in [4.78, 5) is 40.1. The molecule has 202 valence electrons. The number of esters is 2. The molecule has 3 rings (SSSR count). The van der Waals surface area contributed by atoms with Crippen LogP contribution in [0.5, 0.6) is 0 Å². The Labute approximate surface area is 230 Å². The van der Waals surface area contributed by atoms with Gasteiger partial charge >= 0.3 is 11.9 Å². The van der Waals surface area contributed by atoms with Crippen molar-refractivity contribution in [3.05, 3.63) is 70.2 Å². The third-order valence-corrected chi connectivity index (χ3v) is 6.33. The first-order valence-electron chi connectivity index (χ1n) is 12.6. The van der Waals surface area contributed by atoms with Crippen molar-refractivity contribution < 1.29 is 23.9 Å². The lowest BCUT2D eigenvalue weighted by molar-refractivity contribution is -0.165. The minimum Gasteiger partial charge on any atom is -0.464 e. The molecule has 2 aromatic carbocycles. The molecular formula is C29H37Cl2NO5. The van der Waals surface area contributed by atoms with Crippen molar-refractivity contribution >= 4 is 41.0 Å². The lowest BCUT2D eigenvalue weighted by atomic mass is 9.85. The molecule has 6 nitrogen and oxygen atoms in total. The highest BCUT2D eigenvalue weighted by Crippen LogP contribution is 2.38. The Morgan fingerprint density at radius 2 is 1.57 bits per heavy atom. The summed E-state index contributed by atoms with van der Waals surface area (Å²) in [5, 5.41) is 1.40. The lowest BCUT2D eigenvalue weighted by Crippen LogP contribution is -2.52. The monoisotopic (exact) mass is 549 g/mol. The summed E-state index contributed by atoms with van der Waals surface area (Å²) in [5.41, 5.74) is 0.295. The molecule has 0 bridgehead atoms. The summed E-state index contributed by atoms with van der Waals surface area (Å²) >= 11 is 11.6. The minimum atomic E-state index is -0.709. The molecule has 0 aliphatic carbocycles. The van der Waals surface area contributed by atoms with Crippen LogP contribution < -0.4 is 0 Å². The zero-order valence-corrected chi connectivity index (χ0v) is 23.7. The highest BCUT2D eigenvalue weighted by molar-refractivity contribution is 6.30. The number of carbonyl (C=O) groups is 3. The third kappa shape index (κ3) is 9.67. The Hall–Kier alpha value is -2.57. The van der Waals surface area contributed by atoms with Crippen molar-refractivity contribution in [2.75, 3.05) is 6.61 Å². The fourth-order valence-electron chi connectivity index (χ4n) is 4.27. The van der Waals surface area contributed by atoms with Crippen LogP contribution in [0.2, 0.25) is 10.0 Å². The quantitative estimate of drug-likeness (QED) is 0.346. The standard InChI is InChI=1S/C23H32ClNO5.C6H5Cl/c1-6-18(22(28)29-7-2)25-19(15-8-11-17(24)12-9-15)13-10-16(21(25)27)14-20(26)30-23(3,4)5;7-6-4-2-1-3-5-6/h8-9,11-12,16,18-19H,6-7,10,13-14H2,1-5H3;1-5H/t16-,18+,19+;/m1./s1. The molecule has 37 heavy (non-hydrogen) atoms. The first-order chi connectivity index (χ1) is 17.5. The van der Waals surface area contributed by atoms with Crippen LogP contribution in [-0.4, -0.2) is 41.0 Å². The van der Waals surface area contributed by atoms with Crippen LogP contribution in [-0.2, 0) is 23.9 Å². The predicted molar refractivity (Wildman–Crippen MR) is 146 cm³/mol. The van der Waals surface area contributed by atoms with Gasteiger partial charge in [-0.15, -0.1) is 0 Å². The Morgan fingerprint density at radius 3 is 2.05 bits per heavy atom. The van der Waals surface area contributed by atoms with Crippen LogP contribution in [0.15, 0.2) is 54.6 Å². The van der Waals surface area contributed by atoms with Crippen LogP contribution in [0, 0.1) is 5.92 Å². The number of piperidine rings is 1. The van der Waals surface area contributed by atoms with E-state index in [0.29, 0.717) is 24.3 Å². The van der Waals surface area contributed by atoms with Gasteiger partial charge in [0.1, 0.15) is 11.6 Å². The molecular weight excluding hydrogens is 513 g/mol. The van der Waals surface area contributed by atoms with Gasteiger partial charge in [0.2, 0.25) is 5.91 Å². The van der Waals surface area contributed by atoms with Gasteiger partial charge in [-0.3, -0.25) is 9.59 Å². The van der Waals surface area contributed by atoms with Gasteiger partial charge in [0.15, 0.2) is 0 Å². The zero-order valence-electron chi connectivity index (χ0n) is 22.2. The van der Waals surface area contributed by atoms with Crippen LogP contribution in [0.4, 0.5) is 0 Å². The molecule has 1 amide bonds. The average Bonchev–Trinajstić information content (AvgIpc) is 2.82. The van der Waals surface area contributed by atoms with Crippen LogP contribution >= 0.6 is 23.2 Å². The molecule has 0 saturated carbocycles. The third-order valence-electron chi connectivity index (χ3n) is 5.83. The van der Waals surface area contributed by atoms with Gasteiger partial charge in [-0.1, -0.05) is 60.5 Å². The van der Waals surface area contributed by atoms with Gasteiger partial charge in [-0.25, -0.2) is 4.79 Å². The van der Waals surface area contributed by atoms with Gasteiger partial charge in [0.25, 0.3) is 0 Å². The first kappa shape index (κ1) is 30.7. The van der Waals surface area contributed by atoms with Crippen molar-refractivity contribution in [3.63, 3.8) is 0 Å². The molecule has 0 N–H and O–H groups in total. The summed E-state index contributed by atoms with van der Waals surface area (Å²) < 4.78 is 10.6. The van der Waals surface area contributed by atoms with E-state index in [1.54, 1.807) is 44.7 Å². The predicted octanol–water partition coefficient (Wildman–Crippen LogP) is 7.03. The summed E-state index contributed by atoms with van der Waals surface area (Å²) in [5.74, 6) is -1.57. The number of hydrogen-bond donors (Lipinski definition) is 0. The number of benzene rings is 2. The second-order valence-corrected chi connectivity index (χ2v) is 10.7. The van der Waals surface area contributed by atoms with E-state index in [2.05, 4.69) is 0 Å². The summed E-state index contributed by atoms with van der Waals surface area (Å²) in [7, 11) is 0. The molecule has 0 radical (unpaired) electrons. The normalized spacial score (nSPS) is 18.4. The fraction of sp³-hybridized carbons (Fsp3) is 0.483. The molecule has 1 aliphatic heterocycles. The van der Waals surface area contributed by atoms with Gasteiger partial charge in [0.05, 0.1) is 19.1 Å². The van der Waals surface area contributed by atoms with Crippen molar-refractivity contribution in [2.24, 2.45) is 5.92 Å². The van der Waals surface area contributed by atoms with Crippen LogP contribution in [0.25, 0.3) is 0 Å². The smallest absolute Gasteiger partial charge is 0.328 e. The Morgan fingerprint density at radius 1 is 0.973 bits per heavy atom. The number of amides is 1. The second-order valence-electron chi connectivity index (χ2n) is 9.85.